The smallest absolute Gasteiger partial charge is 0.0796 e. The van der Waals surface area contributed by atoms with E-state index in [2.05, 4.69) is 13.8 Å². The number of hydrogen-bond donors (Lipinski definition) is 1. The number of unbranched alkanes of at least 4 members (excludes halogenated alkanes) is 3. The minimum Gasteiger partial charge on any atom is -0.399 e. The zero-order valence-corrected chi connectivity index (χ0v) is 10.4. The summed E-state index contributed by atoms with van der Waals surface area (Å²) in [7, 11) is 0. The Morgan fingerprint density at radius 3 is 2.44 bits per heavy atom. The van der Waals surface area contributed by atoms with Gasteiger partial charge in [0, 0.05) is 12.3 Å². The van der Waals surface area contributed by atoms with Crippen LogP contribution in [0.15, 0.2) is 24.3 Å². The van der Waals surface area contributed by atoms with Gasteiger partial charge >= 0.3 is 0 Å². The fourth-order valence-corrected chi connectivity index (χ4v) is 1.65. The standard InChI is InChI=1S/C14H23NO/c1-3-4-5-6-11-16-12(2)13-7-9-14(15)10-8-13/h7-10,12H,3-6,11,15H2,1-2H3. The largest absolute Gasteiger partial charge is 0.399 e. The van der Waals surface area contributed by atoms with Crippen LogP contribution in [-0.4, -0.2) is 6.61 Å². The Kier molecular flexibility index (Phi) is 5.94. The predicted molar refractivity (Wildman–Crippen MR) is 69.4 cm³/mol. The van der Waals surface area contributed by atoms with Crippen LogP contribution in [0.2, 0.25) is 0 Å². The van der Waals surface area contributed by atoms with Gasteiger partial charge in [-0.2, -0.15) is 0 Å². The van der Waals surface area contributed by atoms with E-state index in [1.165, 1.54) is 24.8 Å². The van der Waals surface area contributed by atoms with Crippen molar-refractivity contribution >= 4 is 5.69 Å². The summed E-state index contributed by atoms with van der Waals surface area (Å²) in [5.74, 6) is 0. The lowest BCUT2D eigenvalue weighted by atomic mass is 10.1. The molecule has 2 heteroatoms. The monoisotopic (exact) mass is 221 g/mol. The summed E-state index contributed by atoms with van der Waals surface area (Å²) in [6, 6.07) is 7.91. The lowest BCUT2D eigenvalue weighted by Gasteiger charge is -2.13. The fourth-order valence-electron chi connectivity index (χ4n) is 1.65. The van der Waals surface area contributed by atoms with Crippen molar-refractivity contribution in [3.63, 3.8) is 0 Å². The van der Waals surface area contributed by atoms with Gasteiger partial charge in [0.05, 0.1) is 6.10 Å². The number of nitrogens with two attached hydrogens (primary N) is 1. The minimum absolute atomic E-state index is 0.169. The molecule has 0 radical (unpaired) electrons. The fraction of sp³-hybridized carbons (Fsp3) is 0.571. The molecule has 0 amide bonds. The van der Waals surface area contributed by atoms with Crippen molar-refractivity contribution in [2.24, 2.45) is 0 Å². The number of hydrogen-bond acceptors (Lipinski definition) is 2. The maximum atomic E-state index is 5.77. The van der Waals surface area contributed by atoms with E-state index in [9.17, 15) is 0 Å². The Bertz CT molecular complexity index is 281. The maximum Gasteiger partial charge on any atom is 0.0796 e. The molecule has 1 aromatic rings. The number of ether oxygens (including phenoxy) is 1. The molecule has 2 nitrogen and oxygen atoms in total. The molecule has 0 spiro atoms. The highest BCUT2D eigenvalue weighted by Gasteiger charge is 2.04. The molecule has 16 heavy (non-hydrogen) atoms. The number of rotatable bonds is 7. The highest BCUT2D eigenvalue weighted by molar-refractivity contribution is 5.39. The summed E-state index contributed by atoms with van der Waals surface area (Å²) in [6.45, 7) is 5.16. The second kappa shape index (κ2) is 7.29. The minimum atomic E-state index is 0.169. The van der Waals surface area contributed by atoms with Gasteiger partial charge in [0.2, 0.25) is 0 Å². The van der Waals surface area contributed by atoms with E-state index in [-0.39, 0.29) is 6.10 Å². The zero-order chi connectivity index (χ0) is 11.8. The molecule has 1 atom stereocenters. The SMILES string of the molecule is CCCCCCOC(C)c1ccc(N)cc1. The summed E-state index contributed by atoms with van der Waals surface area (Å²) in [6.07, 6.45) is 5.17. The highest BCUT2D eigenvalue weighted by atomic mass is 16.5. The molecule has 2 N–H and O–H groups in total. The van der Waals surface area contributed by atoms with Gasteiger partial charge in [-0.3, -0.25) is 0 Å². The van der Waals surface area contributed by atoms with E-state index >= 15 is 0 Å². The average Bonchev–Trinajstić information content (AvgIpc) is 2.29. The number of benzene rings is 1. The van der Waals surface area contributed by atoms with E-state index in [1.807, 2.05) is 24.3 Å². The van der Waals surface area contributed by atoms with Crippen LogP contribution in [0.5, 0.6) is 0 Å². The second-order valence-corrected chi connectivity index (χ2v) is 4.24. The molecule has 0 aliphatic carbocycles. The van der Waals surface area contributed by atoms with Gasteiger partial charge in [-0.05, 0) is 31.0 Å². The molecule has 0 aromatic heterocycles. The molecule has 0 aliphatic heterocycles. The van der Waals surface area contributed by atoms with E-state index in [0.29, 0.717) is 0 Å². The topological polar surface area (TPSA) is 35.2 Å². The van der Waals surface area contributed by atoms with Crippen LogP contribution in [0.1, 0.15) is 51.2 Å². The quantitative estimate of drug-likeness (QED) is 0.559. The lowest BCUT2D eigenvalue weighted by molar-refractivity contribution is 0.0628. The van der Waals surface area contributed by atoms with Crippen LogP contribution in [0.4, 0.5) is 5.69 Å². The van der Waals surface area contributed by atoms with Gasteiger partial charge < -0.3 is 10.5 Å². The molecule has 0 aliphatic rings. The van der Waals surface area contributed by atoms with E-state index in [1.54, 1.807) is 0 Å². The molecule has 1 unspecified atom stereocenters. The summed E-state index contributed by atoms with van der Waals surface area (Å²) in [4.78, 5) is 0. The van der Waals surface area contributed by atoms with Crippen molar-refractivity contribution in [3.05, 3.63) is 29.8 Å². The Labute approximate surface area is 98.8 Å². The van der Waals surface area contributed by atoms with Gasteiger partial charge in [-0.1, -0.05) is 38.3 Å². The maximum absolute atomic E-state index is 5.77. The van der Waals surface area contributed by atoms with E-state index < -0.39 is 0 Å². The number of nitrogen functional groups attached to an aromatic ring is 1. The van der Waals surface area contributed by atoms with Crippen LogP contribution in [0.3, 0.4) is 0 Å². The Morgan fingerprint density at radius 1 is 1.12 bits per heavy atom. The zero-order valence-electron chi connectivity index (χ0n) is 10.4. The van der Waals surface area contributed by atoms with Crippen LogP contribution in [-0.2, 0) is 4.74 Å². The summed E-state index contributed by atoms with van der Waals surface area (Å²) in [5.41, 5.74) is 7.64. The van der Waals surface area contributed by atoms with Crippen molar-refractivity contribution in [2.75, 3.05) is 12.3 Å². The first kappa shape index (κ1) is 13.0. The first-order valence-corrected chi connectivity index (χ1v) is 6.21. The Morgan fingerprint density at radius 2 is 1.81 bits per heavy atom. The first-order valence-electron chi connectivity index (χ1n) is 6.21. The molecule has 0 bridgehead atoms. The van der Waals surface area contributed by atoms with Gasteiger partial charge in [-0.25, -0.2) is 0 Å². The summed E-state index contributed by atoms with van der Waals surface area (Å²) in [5, 5.41) is 0. The molecule has 0 fully saturated rings. The Hall–Kier alpha value is -1.02. The Balaban J connectivity index is 2.24. The van der Waals surface area contributed by atoms with Crippen LogP contribution in [0, 0.1) is 0 Å². The van der Waals surface area contributed by atoms with Crippen LogP contribution < -0.4 is 5.73 Å². The van der Waals surface area contributed by atoms with Gasteiger partial charge in [0.1, 0.15) is 0 Å². The molecule has 0 heterocycles. The molecular formula is C14H23NO. The second-order valence-electron chi connectivity index (χ2n) is 4.24. The molecule has 1 aromatic carbocycles. The van der Waals surface area contributed by atoms with Crippen molar-refractivity contribution in [1.29, 1.82) is 0 Å². The third-order valence-corrected chi connectivity index (χ3v) is 2.77. The first-order chi connectivity index (χ1) is 7.74. The highest BCUT2D eigenvalue weighted by Crippen LogP contribution is 2.18. The van der Waals surface area contributed by atoms with Gasteiger partial charge in [0.25, 0.3) is 0 Å². The molecule has 1 rings (SSSR count). The lowest BCUT2D eigenvalue weighted by Crippen LogP contribution is -2.02. The number of anilines is 1. The van der Waals surface area contributed by atoms with Crippen molar-refractivity contribution in [2.45, 2.75) is 45.6 Å². The summed E-state index contributed by atoms with van der Waals surface area (Å²) < 4.78 is 5.77. The van der Waals surface area contributed by atoms with Crippen molar-refractivity contribution < 1.29 is 4.74 Å². The average molecular weight is 221 g/mol. The molecule has 0 saturated heterocycles. The molecule has 0 saturated carbocycles. The van der Waals surface area contributed by atoms with Gasteiger partial charge in [-0.15, -0.1) is 0 Å². The molecule has 90 valence electrons. The van der Waals surface area contributed by atoms with Crippen LogP contribution >= 0.6 is 0 Å². The van der Waals surface area contributed by atoms with E-state index in [0.717, 1.165) is 18.7 Å². The molecular weight excluding hydrogens is 198 g/mol. The summed E-state index contributed by atoms with van der Waals surface area (Å²) >= 11 is 0. The third-order valence-electron chi connectivity index (χ3n) is 2.77. The van der Waals surface area contributed by atoms with Crippen LogP contribution in [0.25, 0.3) is 0 Å². The predicted octanol–water partition coefficient (Wildman–Crippen LogP) is 3.93. The van der Waals surface area contributed by atoms with Crippen molar-refractivity contribution in [3.8, 4) is 0 Å². The normalized spacial score (nSPS) is 12.6. The van der Waals surface area contributed by atoms with Gasteiger partial charge in [0.15, 0.2) is 0 Å². The third kappa shape index (κ3) is 4.67. The van der Waals surface area contributed by atoms with E-state index in [4.69, 9.17) is 10.5 Å². The van der Waals surface area contributed by atoms with Crippen molar-refractivity contribution in [1.82, 2.24) is 0 Å².